The van der Waals surface area contributed by atoms with Gasteiger partial charge in [-0.25, -0.2) is 0 Å². The first-order valence-corrected chi connectivity index (χ1v) is 3.36. The molecular formula is C8H14. The summed E-state index contributed by atoms with van der Waals surface area (Å²) in [6, 6.07) is 0.240. The topological polar surface area (TPSA) is 0 Å². The molecule has 0 saturated heterocycles. The van der Waals surface area contributed by atoms with Crippen molar-refractivity contribution in [2.75, 3.05) is 0 Å². The van der Waals surface area contributed by atoms with Crippen molar-refractivity contribution in [1.82, 2.24) is 0 Å². The van der Waals surface area contributed by atoms with E-state index in [-0.39, 0.29) is 18.5 Å². The Morgan fingerprint density at radius 2 is 2.25 bits per heavy atom. The molecule has 1 rings (SSSR count). The third-order valence-electron chi connectivity index (χ3n) is 1.81. The molecule has 0 aromatic heterocycles. The van der Waals surface area contributed by atoms with Gasteiger partial charge in [-0.05, 0) is 18.8 Å². The maximum absolute atomic E-state index is 7.43. The van der Waals surface area contributed by atoms with Crippen LogP contribution >= 0.6 is 0 Å². The van der Waals surface area contributed by atoms with E-state index in [0.29, 0.717) is 0 Å². The molecule has 0 aliphatic heterocycles. The number of allylic oxidation sites excluding steroid dienone is 1. The third-order valence-corrected chi connectivity index (χ3v) is 1.81. The summed E-state index contributed by atoms with van der Waals surface area (Å²) >= 11 is 0. The molecular weight excluding hydrogens is 96.1 g/mol. The molecule has 1 aliphatic carbocycles. The second kappa shape index (κ2) is 2.91. The monoisotopic (exact) mass is 113 g/mol. The van der Waals surface area contributed by atoms with Crippen molar-refractivity contribution in [3.05, 3.63) is 12.6 Å². The molecule has 1 aliphatic rings. The molecule has 1 saturated carbocycles. The van der Waals surface area contributed by atoms with Gasteiger partial charge < -0.3 is 0 Å². The fraction of sp³-hybridized carbons (Fsp3) is 0.750. The van der Waals surface area contributed by atoms with Crippen molar-refractivity contribution in [1.29, 1.82) is 0 Å². The molecule has 46 valence electrons. The number of rotatable bonds is 1. The average Bonchev–Trinajstić information content (AvgIpc) is 2.05. The van der Waals surface area contributed by atoms with Crippen molar-refractivity contribution >= 4 is 0 Å². The van der Waals surface area contributed by atoms with Crippen LogP contribution in [0.25, 0.3) is 0 Å². The Hall–Kier alpha value is -0.260. The van der Waals surface area contributed by atoms with Gasteiger partial charge in [-0.3, -0.25) is 0 Å². The molecule has 0 unspecified atom stereocenters. The second-order valence-electron chi connectivity index (χ2n) is 2.48. The van der Waals surface area contributed by atoms with Crippen LogP contribution in [-0.4, -0.2) is 0 Å². The summed E-state index contributed by atoms with van der Waals surface area (Å²) in [6.45, 7) is -0.295. The van der Waals surface area contributed by atoms with E-state index in [1.54, 1.807) is 0 Å². The molecule has 0 aromatic rings. The largest absolute Gasteiger partial charge is 0.103 e. The summed E-state index contributed by atoms with van der Waals surface area (Å²) in [5.41, 5.74) is 0. The Kier molecular flexibility index (Phi) is 1.11. The van der Waals surface area contributed by atoms with Crippen LogP contribution in [0.3, 0.4) is 0 Å². The molecule has 0 bridgehead atoms. The molecule has 0 radical (unpaired) electrons. The van der Waals surface area contributed by atoms with E-state index in [1.165, 1.54) is 19.3 Å². The van der Waals surface area contributed by atoms with Gasteiger partial charge in [-0.2, -0.15) is 0 Å². The van der Waals surface area contributed by atoms with Crippen LogP contribution in [-0.2, 0) is 0 Å². The Bertz CT molecular complexity index is 153. The molecule has 0 aromatic carbocycles. The summed E-state index contributed by atoms with van der Waals surface area (Å²) in [7, 11) is 0. The van der Waals surface area contributed by atoms with Crippen LogP contribution < -0.4 is 0 Å². The zero-order valence-corrected chi connectivity index (χ0v) is 5.11. The lowest BCUT2D eigenvalue weighted by atomic mass is 9.90. The molecule has 0 N–H and O–H groups in total. The van der Waals surface area contributed by atoms with E-state index in [1.807, 2.05) is 0 Å². The molecule has 0 heterocycles. The first kappa shape index (κ1) is 3.05. The third kappa shape index (κ3) is 1.36. The Labute approximate surface area is 55.8 Å². The predicted molar refractivity (Wildman–Crippen MR) is 36.8 cm³/mol. The average molecular weight is 113 g/mol. The van der Waals surface area contributed by atoms with Crippen molar-refractivity contribution in [3.63, 3.8) is 0 Å². The maximum atomic E-state index is 7.43. The van der Waals surface area contributed by atoms with E-state index < -0.39 is 0 Å². The maximum Gasteiger partial charge on any atom is 0.0573 e. The van der Waals surface area contributed by atoms with Crippen molar-refractivity contribution in [2.45, 2.75) is 32.1 Å². The van der Waals surface area contributed by atoms with Crippen LogP contribution in [0.15, 0.2) is 12.6 Å². The molecule has 8 heavy (non-hydrogen) atoms. The molecule has 0 amide bonds. The van der Waals surface area contributed by atoms with E-state index >= 15 is 0 Å². The van der Waals surface area contributed by atoms with Gasteiger partial charge in [-0.15, -0.1) is 6.53 Å². The van der Waals surface area contributed by atoms with Crippen LogP contribution in [0, 0.1) is 5.92 Å². The normalized spacial score (nSPS) is 27.8. The predicted octanol–water partition coefficient (Wildman–Crippen LogP) is 2.75. The Balaban J connectivity index is 2.52. The van der Waals surface area contributed by atoms with E-state index in [0.717, 1.165) is 12.8 Å². The molecule has 0 heteroatoms. The van der Waals surface area contributed by atoms with Crippen molar-refractivity contribution < 1.29 is 4.11 Å². The van der Waals surface area contributed by atoms with Gasteiger partial charge in [0.2, 0.25) is 0 Å². The molecule has 1 fully saturated rings. The quantitative estimate of drug-likeness (QED) is 0.459. The summed E-state index contributed by atoms with van der Waals surface area (Å²) in [5.74, 6) is 0.216. The van der Waals surface area contributed by atoms with E-state index in [4.69, 9.17) is 4.11 Å². The van der Waals surface area contributed by atoms with Gasteiger partial charge in [0.05, 0.1) is 4.11 Å². The van der Waals surface area contributed by atoms with Crippen molar-refractivity contribution in [2.24, 2.45) is 5.92 Å². The van der Waals surface area contributed by atoms with Crippen LogP contribution in [0.1, 0.15) is 36.2 Å². The summed E-state index contributed by atoms with van der Waals surface area (Å²) in [5, 5.41) is 0. The zero-order valence-electron chi connectivity index (χ0n) is 8.11. The van der Waals surface area contributed by atoms with Gasteiger partial charge in [0, 0.05) is 0 Å². The molecule has 0 nitrogen and oxygen atoms in total. The van der Waals surface area contributed by atoms with E-state index in [9.17, 15) is 0 Å². The highest BCUT2D eigenvalue weighted by molar-refractivity contribution is 4.80. The van der Waals surface area contributed by atoms with Crippen LogP contribution in [0.2, 0.25) is 0 Å². The van der Waals surface area contributed by atoms with Gasteiger partial charge in [0.25, 0.3) is 0 Å². The smallest absolute Gasteiger partial charge is 0.0573 e. The summed E-state index contributed by atoms with van der Waals surface area (Å²) < 4.78 is 21.4. The minimum Gasteiger partial charge on any atom is -0.103 e. The minimum absolute atomic E-state index is 0.216. The van der Waals surface area contributed by atoms with Gasteiger partial charge in [0.15, 0.2) is 0 Å². The lowest BCUT2D eigenvalue weighted by Gasteiger charge is -2.16. The Morgan fingerprint density at radius 1 is 1.50 bits per heavy atom. The van der Waals surface area contributed by atoms with Crippen LogP contribution in [0.5, 0.6) is 0 Å². The fourth-order valence-corrected chi connectivity index (χ4v) is 1.25. The zero-order chi connectivity index (χ0) is 8.27. The number of hydrogen-bond acceptors (Lipinski definition) is 0. The number of hydrogen-bond donors (Lipinski definition) is 0. The Morgan fingerprint density at radius 3 is 2.88 bits per heavy atom. The molecule has 0 atom stereocenters. The highest BCUT2D eigenvalue weighted by Gasteiger charge is 2.07. The first-order valence-electron chi connectivity index (χ1n) is 4.86. The van der Waals surface area contributed by atoms with Gasteiger partial charge in [0.1, 0.15) is 0 Å². The lowest BCUT2D eigenvalue weighted by Crippen LogP contribution is -2.01. The van der Waals surface area contributed by atoms with Crippen LogP contribution in [0.4, 0.5) is 0 Å². The highest BCUT2D eigenvalue weighted by Crippen LogP contribution is 2.23. The molecule has 0 spiro atoms. The second-order valence-corrected chi connectivity index (χ2v) is 2.48. The standard InChI is InChI=1S/C8H14/c1-2-8-6-4-3-5-7-8/h2,8H,1,3-7H2/i1D2,2D. The fourth-order valence-electron chi connectivity index (χ4n) is 1.25. The highest BCUT2D eigenvalue weighted by atomic mass is 14.1. The van der Waals surface area contributed by atoms with Gasteiger partial charge >= 0.3 is 0 Å². The lowest BCUT2D eigenvalue weighted by molar-refractivity contribution is 0.420. The van der Waals surface area contributed by atoms with E-state index in [2.05, 4.69) is 0 Å². The SMILES string of the molecule is [2H]C([2H])=C([2H])C1CCCCC1. The van der Waals surface area contributed by atoms with Crippen molar-refractivity contribution in [3.8, 4) is 0 Å². The summed E-state index contributed by atoms with van der Waals surface area (Å²) in [4.78, 5) is 0. The van der Waals surface area contributed by atoms with Gasteiger partial charge in [-0.1, -0.05) is 25.3 Å². The first-order chi connectivity index (χ1) is 5.22. The summed E-state index contributed by atoms with van der Waals surface area (Å²) in [6.07, 6.45) is 5.62. The minimum atomic E-state index is -0.295.